The first-order valence-electron chi connectivity index (χ1n) is 7.51. The SMILES string of the molecule is C[C@@H]1CCC[N+]1(C(=O)O)C(=O)[C@@H](N)CSCc1ccccc1. The minimum atomic E-state index is -1.07. The van der Waals surface area contributed by atoms with E-state index in [1.54, 1.807) is 11.8 Å². The number of hydrogen-bond donors (Lipinski definition) is 2. The van der Waals surface area contributed by atoms with Crippen LogP contribution in [0.4, 0.5) is 4.79 Å². The van der Waals surface area contributed by atoms with Crippen molar-refractivity contribution < 1.29 is 19.2 Å². The third kappa shape index (κ3) is 3.34. The second-order valence-corrected chi connectivity index (χ2v) is 6.84. The normalized spacial score (nSPS) is 25.8. The Balaban J connectivity index is 1.95. The summed E-state index contributed by atoms with van der Waals surface area (Å²) in [6.07, 6.45) is 0.434. The molecule has 1 aliphatic heterocycles. The Hall–Kier alpha value is -1.37. The number of quaternary nitrogens is 1. The number of imide groups is 1. The summed E-state index contributed by atoms with van der Waals surface area (Å²) in [5.41, 5.74) is 7.17. The number of amides is 2. The smallest absolute Gasteiger partial charge is 0.435 e. The van der Waals surface area contributed by atoms with Crippen LogP contribution in [0.5, 0.6) is 0 Å². The van der Waals surface area contributed by atoms with Crippen LogP contribution in [0, 0.1) is 0 Å². The Morgan fingerprint density at radius 2 is 2.09 bits per heavy atom. The first-order valence-corrected chi connectivity index (χ1v) is 8.67. The maximum absolute atomic E-state index is 12.6. The summed E-state index contributed by atoms with van der Waals surface area (Å²) in [5, 5.41) is 9.55. The van der Waals surface area contributed by atoms with Gasteiger partial charge in [-0.05, 0) is 12.5 Å². The van der Waals surface area contributed by atoms with Crippen molar-refractivity contribution in [2.75, 3.05) is 12.3 Å². The summed E-state index contributed by atoms with van der Waals surface area (Å²) >= 11 is 1.56. The fraction of sp³-hybridized carbons (Fsp3) is 0.500. The van der Waals surface area contributed by atoms with Crippen LogP contribution in [-0.2, 0) is 10.5 Å². The average Bonchev–Trinajstić information content (AvgIpc) is 2.90. The van der Waals surface area contributed by atoms with Gasteiger partial charge in [-0.1, -0.05) is 30.3 Å². The molecule has 0 aromatic heterocycles. The molecule has 0 spiro atoms. The second kappa shape index (κ2) is 7.26. The number of benzene rings is 1. The van der Waals surface area contributed by atoms with Crippen LogP contribution in [-0.4, -0.2) is 46.0 Å². The van der Waals surface area contributed by atoms with E-state index in [1.807, 2.05) is 37.3 Å². The van der Waals surface area contributed by atoms with E-state index >= 15 is 0 Å². The van der Waals surface area contributed by atoms with E-state index in [2.05, 4.69) is 0 Å². The largest absolute Gasteiger partial charge is 0.521 e. The molecule has 1 fully saturated rings. The highest BCUT2D eigenvalue weighted by atomic mass is 32.2. The molecule has 1 aromatic carbocycles. The average molecular weight is 323 g/mol. The highest BCUT2D eigenvalue weighted by Gasteiger charge is 2.54. The third-order valence-electron chi connectivity index (χ3n) is 4.35. The van der Waals surface area contributed by atoms with Crippen LogP contribution in [0.15, 0.2) is 30.3 Å². The maximum Gasteiger partial charge on any atom is 0.521 e. The molecule has 0 saturated carbocycles. The number of hydrogen-bond acceptors (Lipinski definition) is 4. The molecule has 1 aliphatic rings. The van der Waals surface area contributed by atoms with Gasteiger partial charge in [0.1, 0.15) is 12.1 Å². The Morgan fingerprint density at radius 3 is 2.64 bits per heavy atom. The summed E-state index contributed by atoms with van der Waals surface area (Å²) in [6, 6.07) is 9.00. The van der Waals surface area contributed by atoms with E-state index in [1.165, 1.54) is 5.56 Å². The van der Waals surface area contributed by atoms with E-state index < -0.39 is 16.6 Å². The molecule has 6 heteroatoms. The summed E-state index contributed by atoms with van der Waals surface area (Å²) < 4.78 is -0.507. The molecule has 1 heterocycles. The zero-order valence-electron chi connectivity index (χ0n) is 12.8. The number of carbonyl (C=O) groups excluding carboxylic acids is 1. The summed E-state index contributed by atoms with van der Waals surface area (Å²) in [6.45, 7) is 2.18. The Morgan fingerprint density at radius 1 is 1.41 bits per heavy atom. The number of likely N-dealkylation sites (tertiary alicyclic amines) is 1. The zero-order chi connectivity index (χ0) is 16.2. The molecule has 0 aliphatic carbocycles. The molecule has 120 valence electrons. The molecule has 3 atom stereocenters. The van der Waals surface area contributed by atoms with E-state index in [4.69, 9.17) is 5.73 Å². The lowest BCUT2D eigenvalue weighted by Gasteiger charge is -2.31. The van der Waals surface area contributed by atoms with Crippen molar-refractivity contribution in [2.24, 2.45) is 5.73 Å². The van der Waals surface area contributed by atoms with Gasteiger partial charge < -0.3 is 10.8 Å². The van der Waals surface area contributed by atoms with Gasteiger partial charge in [0.25, 0.3) is 0 Å². The van der Waals surface area contributed by atoms with Gasteiger partial charge in [-0.2, -0.15) is 21.0 Å². The van der Waals surface area contributed by atoms with Crippen LogP contribution in [0.3, 0.4) is 0 Å². The van der Waals surface area contributed by atoms with Gasteiger partial charge in [-0.25, -0.2) is 4.79 Å². The summed E-state index contributed by atoms with van der Waals surface area (Å²) in [4.78, 5) is 24.3. The summed E-state index contributed by atoms with van der Waals surface area (Å²) in [5.74, 6) is 0.844. The number of rotatable bonds is 5. The van der Waals surface area contributed by atoms with Gasteiger partial charge in [0, 0.05) is 24.3 Å². The fourth-order valence-electron chi connectivity index (χ4n) is 3.03. The molecule has 1 aromatic rings. The van der Waals surface area contributed by atoms with E-state index in [-0.39, 0.29) is 11.9 Å². The van der Waals surface area contributed by atoms with Crippen LogP contribution in [0.2, 0.25) is 0 Å². The van der Waals surface area contributed by atoms with Crippen molar-refractivity contribution in [3.63, 3.8) is 0 Å². The van der Waals surface area contributed by atoms with Crippen LogP contribution in [0.25, 0.3) is 0 Å². The Kier molecular flexibility index (Phi) is 5.61. The van der Waals surface area contributed by atoms with Gasteiger partial charge >= 0.3 is 12.0 Å². The van der Waals surface area contributed by atoms with Crippen molar-refractivity contribution in [1.29, 1.82) is 0 Å². The Bertz CT molecular complexity index is 537. The molecule has 22 heavy (non-hydrogen) atoms. The molecular weight excluding hydrogens is 300 g/mol. The van der Waals surface area contributed by atoms with Gasteiger partial charge in [0.2, 0.25) is 0 Å². The summed E-state index contributed by atoms with van der Waals surface area (Å²) in [7, 11) is 0. The number of nitrogens with two attached hydrogens (primary N) is 1. The fourth-order valence-corrected chi connectivity index (χ4v) is 3.97. The molecule has 2 amide bonds. The lowest BCUT2D eigenvalue weighted by atomic mass is 10.2. The van der Waals surface area contributed by atoms with Gasteiger partial charge in [0.15, 0.2) is 0 Å². The van der Waals surface area contributed by atoms with Crippen molar-refractivity contribution in [2.45, 2.75) is 37.6 Å². The number of nitrogens with zero attached hydrogens (tertiary/aromatic N) is 1. The van der Waals surface area contributed by atoms with E-state index in [0.717, 1.165) is 18.6 Å². The van der Waals surface area contributed by atoms with Crippen LogP contribution in [0.1, 0.15) is 25.3 Å². The van der Waals surface area contributed by atoms with E-state index in [9.17, 15) is 14.7 Å². The van der Waals surface area contributed by atoms with E-state index in [0.29, 0.717) is 12.3 Å². The highest BCUT2D eigenvalue weighted by Crippen LogP contribution is 2.29. The second-order valence-electron chi connectivity index (χ2n) is 5.81. The molecule has 0 bridgehead atoms. The lowest BCUT2D eigenvalue weighted by molar-refractivity contribution is -0.792. The number of thioether (sulfide) groups is 1. The first kappa shape index (κ1) is 17.0. The Labute approximate surface area is 135 Å². The number of carbonyl (C=O) groups is 2. The van der Waals surface area contributed by atoms with Crippen molar-refractivity contribution >= 4 is 23.8 Å². The standard InChI is InChI=1S/C16H22N2O3S/c1-12-6-5-9-18(12,16(20)21)15(19)14(17)11-22-10-13-7-3-2-4-8-13/h2-4,7-8,12,14H,5-6,9-11,17H2,1H3/p+1/t12-,14+,18?/m1/s1. The van der Waals surface area contributed by atoms with Gasteiger partial charge in [0.05, 0.1) is 6.54 Å². The zero-order valence-corrected chi connectivity index (χ0v) is 13.6. The molecule has 1 saturated heterocycles. The maximum atomic E-state index is 12.6. The van der Waals surface area contributed by atoms with Crippen molar-refractivity contribution in [3.8, 4) is 0 Å². The molecular formula is C16H23N2O3S+. The predicted octanol–water partition coefficient (Wildman–Crippen LogP) is 2.45. The predicted molar refractivity (Wildman–Crippen MR) is 87.4 cm³/mol. The molecule has 2 rings (SSSR count). The van der Waals surface area contributed by atoms with Crippen molar-refractivity contribution in [1.82, 2.24) is 0 Å². The minimum absolute atomic E-state index is 0.199. The van der Waals surface area contributed by atoms with Crippen LogP contribution < -0.4 is 5.73 Å². The molecule has 3 N–H and O–H groups in total. The monoisotopic (exact) mass is 323 g/mol. The van der Waals surface area contributed by atoms with Gasteiger partial charge in [-0.15, -0.1) is 0 Å². The third-order valence-corrected chi connectivity index (χ3v) is 5.48. The minimum Gasteiger partial charge on any atom is -0.435 e. The number of carboxylic acid groups (broad SMARTS) is 1. The quantitative estimate of drug-likeness (QED) is 0.814. The lowest BCUT2D eigenvalue weighted by Crippen LogP contribution is -2.63. The topological polar surface area (TPSA) is 80.4 Å². The highest BCUT2D eigenvalue weighted by molar-refractivity contribution is 7.98. The molecule has 0 radical (unpaired) electrons. The molecule has 1 unspecified atom stereocenters. The first-order chi connectivity index (χ1) is 10.5. The van der Waals surface area contributed by atoms with Gasteiger partial charge in [-0.3, -0.25) is 0 Å². The van der Waals surface area contributed by atoms with Crippen LogP contribution >= 0.6 is 11.8 Å². The van der Waals surface area contributed by atoms with Crippen molar-refractivity contribution in [3.05, 3.63) is 35.9 Å². The molecule has 5 nitrogen and oxygen atoms in total.